The molecule has 12 rings (SSSR count). The van der Waals surface area contributed by atoms with E-state index in [1.165, 1.54) is 0 Å². The van der Waals surface area contributed by atoms with Crippen molar-refractivity contribution in [2.75, 3.05) is 9.80 Å². The van der Waals surface area contributed by atoms with Crippen LogP contribution in [0.15, 0.2) is 255 Å². The molecule has 0 atom stereocenters. The van der Waals surface area contributed by atoms with Gasteiger partial charge in [-0.15, -0.1) is 0 Å². The van der Waals surface area contributed by atoms with Crippen LogP contribution < -0.4 is 9.80 Å². The fourth-order valence-electron chi connectivity index (χ4n) is 9.06. The van der Waals surface area contributed by atoms with Crippen LogP contribution in [0.5, 0.6) is 0 Å². The molecule has 12 aromatic rings. The molecule has 0 fully saturated rings. The number of para-hydroxylation sites is 2. The van der Waals surface area contributed by atoms with Gasteiger partial charge in [-0.3, -0.25) is 18.8 Å². The van der Waals surface area contributed by atoms with E-state index in [0.717, 1.165) is 102 Å². The Hall–Kier alpha value is -9.40. The molecule has 0 aliphatic carbocycles. The first-order chi connectivity index (χ1) is 33.7. The second-order valence-corrected chi connectivity index (χ2v) is 16.4. The zero-order chi connectivity index (χ0) is 45.2. The maximum atomic E-state index is 5.05. The molecule has 6 heterocycles. The summed E-state index contributed by atoms with van der Waals surface area (Å²) in [6.45, 7) is 0. The number of fused-ring (bicyclic) bond motifs is 2. The van der Waals surface area contributed by atoms with Crippen LogP contribution in [0.25, 0.3) is 67.7 Å². The summed E-state index contributed by atoms with van der Waals surface area (Å²) in [5, 5.41) is 0. The van der Waals surface area contributed by atoms with Gasteiger partial charge < -0.3 is 9.80 Å². The summed E-state index contributed by atoms with van der Waals surface area (Å²) in [6.07, 6.45) is 8.00. The Balaban J connectivity index is 0.839. The van der Waals surface area contributed by atoms with Crippen LogP contribution in [-0.4, -0.2) is 28.7 Å². The smallest absolute Gasteiger partial charge is 0.138 e. The maximum Gasteiger partial charge on any atom is 0.138 e. The Kier molecular flexibility index (Phi) is 10.3. The highest BCUT2D eigenvalue weighted by Crippen LogP contribution is 2.40. The third kappa shape index (κ3) is 7.51. The predicted molar refractivity (Wildman–Crippen MR) is 276 cm³/mol. The first-order valence-corrected chi connectivity index (χ1v) is 22.6. The van der Waals surface area contributed by atoms with Gasteiger partial charge in [-0.25, -0.2) is 9.97 Å². The minimum absolute atomic E-state index is 0.808. The second-order valence-electron chi connectivity index (χ2n) is 16.4. The molecule has 6 aromatic carbocycles. The van der Waals surface area contributed by atoms with Crippen molar-refractivity contribution in [2.45, 2.75) is 0 Å². The Morgan fingerprint density at radius 1 is 0.279 bits per heavy atom. The van der Waals surface area contributed by atoms with Gasteiger partial charge in [0.15, 0.2) is 0 Å². The van der Waals surface area contributed by atoms with E-state index >= 15 is 0 Å². The lowest BCUT2D eigenvalue weighted by atomic mass is 10.0. The molecule has 0 saturated carbocycles. The minimum atomic E-state index is 0.808. The fraction of sp³-hybridized carbons (Fsp3) is 0. The number of hydrogen-bond acceptors (Lipinski definition) is 6. The first kappa shape index (κ1) is 40.1. The van der Waals surface area contributed by atoms with Crippen LogP contribution in [0, 0.1) is 0 Å². The van der Waals surface area contributed by atoms with Gasteiger partial charge in [-0.1, -0.05) is 133 Å². The average molecular weight is 875 g/mol. The third-order valence-electron chi connectivity index (χ3n) is 12.3. The van der Waals surface area contributed by atoms with Gasteiger partial charge in [0.25, 0.3) is 0 Å². The summed E-state index contributed by atoms with van der Waals surface area (Å²) in [5.41, 5.74) is 17.5. The average Bonchev–Trinajstić information content (AvgIpc) is 4.01. The molecule has 8 heteroatoms. The normalized spacial score (nSPS) is 11.2. The van der Waals surface area contributed by atoms with Gasteiger partial charge in [-0.2, -0.15) is 0 Å². The van der Waals surface area contributed by atoms with Crippen LogP contribution in [0.3, 0.4) is 0 Å². The largest absolute Gasteiger partial charge is 0.309 e. The minimum Gasteiger partial charge on any atom is -0.309 e. The number of nitrogens with zero attached hydrogens (tertiary/aromatic N) is 8. The number of anilines is 6. The third-order valence-corrected chi connectivity index (χ3v) is 12.3. The van der Waals surface area contributed by atoms with E-state index in [4.69, 9.17) is 19.9 Å². The van der Waals surface area contributed by atoms with Gasteiger partial charge in [-0.05, 0) is 108 Å². The standard InChI is InChI=1S/C60H42N8/c1-5-17-45(18-6-1)59-57(63-55-25-13-15-39-65(55)59)53-37-35-51(41-61-53)67(47-21-9-3-10-22-47)49-31-27-43(28-32-49)44-29-33-50(34-30-44)68(48-23-11-4-12-24-48)52-36-38-54(62-42-52)58-60(46-19-7-2-8-20-46)66-40-16-14-26-56(66)64-58/h1-42H. The van der Waals surface area contributed by atoms with Crippen molar-refractivity contribution >= 4 is 45.4 Å². The van der Waals surface area contributed by atoms with Crippen LogP contribution in [-0.2, 0) is 0 Å². The van der Waals surface area contributed by atoms with Gasteiger partial charge in [0, 0.05) is 46.3 Å². The van der Waals surface area contributed by atoms with E-state index in [2.05, 4.69) is 201 Å². The SMILES string of the molecule is c1ccc(-c2c(-c3ccc(N(c4ccccc4)c4ccc(-c5ccc(N(c6ccccc6)c6ccc(-c7nc8ccccn8c7-c7ccccc7)nc6)cc5)cc4)cn3)nc3ccccn23)cc1. The number of rotatable bonds is 11. The van der Waals surface area contributed by atoms with Crippen LogP contribution in [0.1, 0.15) is 0 Å². The number of hydrogen-bond donors (Lipinski definition) is 0. The lowest BCUT2D eigenvalue weighted by Gasteiger charge is -2.26. The van der Waals surface area contributed by atoms with E-state index in [1.54, 1.807) is 0 Å². The van der Waals surface area contributed by atoms with Crippen molar-refractivity contribution < 1.29 is 0 Å². The lowest BCUT2D eigenvalue weighted by molar-refractivity contribution is 1.19. The summed E-state index contributed by atoms with van der Waals surface area (Å²) in [7, 11) is 0. The van der Waals surface area contributed by atoms with Crippen molar-refractivity contribution in [2.24, 2.45) is 0 Å². The first-order valence-electron chi connectivity index (χ1n) is 22.6. The number of aromatic nitrogens is 6. The molecule has 0 radical (unpaired) electrons. The van der Waals surface area contributed by atoms with Crippen molar-refractivity contribution in [3.05, 3.63) is 255 Å². The summed E-state index contributed by atoms with van der Waals surface area (Å²) in [6, 6.07) is 79.6. The molecule has 8 nitrogen and oxygen atoms in total. The molecule has 6 aromatic heterocycles. The van der Waals surface area contributed by atoms with Gasteiger partial charge >= 0.3 is 0 Å². The topological polar surface area (TPSA) is 66.9 Å². The molecule has 322 valence electrons. The highest BCUT2D eigenvalue weighted by atomic mass is 15.2. The Bertz CT molecular complexity index is 3380. The summed E-state index contributed by atoms with van der Waals surface area (Å²) < 4.78 is 4.26. The second kappa shape index (κ2) is 17.5. The Morgan fingerprint density at radius 3 is 0.985 bits per heavy atom. The Labute approximate surface area is 394 Å². The molecule has 0 saturated heterocycles. The predicted octanol–water partition coefficient (Wildman–Crippen LogP) is 15.0. The molecule has 0 amide bonds. The zero-order valence-corrected chi connectivity index (χ0v) is 36.8. The van der Waals surface area contributed by atoms with E-state index in [1.807, 2.05) is 73.1 Å². The fourth-order valence-corrected chi connectivity index (χ4v) is 9.06. The van der Waals surface area contributed by atoms with Crippen molar-refractivity contribution in [3.8, 4) is 56.4 Å². The van der Waals surface area contributed by atoms with E-state index in [0.29, 0.717) is 0 Å². The summed E-state index contributed by atoms with van der Waals surface area (Å²) in [5.74, 6) is 0. The molecular formula is C60H42N8. The number of benzene rings is 6. The molecular weight excluding hydrogens is 833 g/mol. The lowest BCUT2D eigenvalue weighted by Crippen LogP contribution is -2.10. The van der Waals surface area contributed by atoms with Crippen LogP contribution in [0.4, 0.5) is 34.1 Å². The van der Waals surface area contributed by atoms with Crippen LogP contribution in [0.2, 0.25) is 0 Å². The molecule has 68 heavy (non-hydrogen) atoms. The molecule has 0 bridgehead atoms. The molecule has 0 aliphatic heterocycles. The van der Waals surface area contributed by atoms with E-state index in [9.17, 15) is 0 Å². The highest BCUT2D eigenvalue weighted by molar-refractivity contribution is 5.85. The molecule has 0 unspecified atom stereocenters. The van der Waals surface area contributed by atoms with Gasteiger partial charge in [0.1, 0.15) is 22.7 Å². The van der Waals surface area contributed by atoms with Gasteiger partial charge in [0.05, 0.1) is 46.5 Å². The number of imidazole rings is 2. The Morgan fingerprint density at radius 2 is 0.618 bits per heavy atom. The van der Waals surface area contributed by atoms with E-state index in [-0.39, 0.29) is 0 Å². The molecule has 0 aliphatic rings. The quantitative estimate of drug-likeness (QED) is 0.129. The molecule has 0 N–H and O–H groups in total. The van der Waals surface area contributed by atoms with Crippen molar-refractivity contribution in [3.63, 3.8) is 0 Å². The zero-order valence-electron chi connectivity index (χ0n) is 36.8. The van der Waals surface area contributed by atoms with Gasteiger partial charge in [0.2, 0.25) is 0 Å². The summed E-state index contributed by atoms with van der Waals surface area (Å²) >= 11 is 0. The van der Waals surface area contributed by atoms with Crippen LogP contribution >= 0.6 is 0 Å². The maximum absolute atomic E-state index is 5.05. The van der Waals surface area contributed by atoms with Crippen molar-refractivity contribution in [1.82, 2.24) is 28.7 Å². The number of pyridine rings is 4. The molecule has 0 spiro atoms. The van der Waals surface area contributed by atoms with E-state index < -0.39 is 0 Å². The van der Waals surface area contributed by atoms with Crippen molar-refractivity contribution in [1.29, 1.82) is 0 Å². The highest BCUT2D eigenvalue weighted by Gasteiger charge is 2.21. The summed E-state index contributed by atoms with van der Waals surface area (Å²) in [4.78, 5) is 24.7. The monoisotopic (exact) mass is 874 g/mol.